The lowest BCUT2D eigenvalue weighted by molar-refractivity contribution is -0.115. The Kier molecular flexibility index (Phi) is 4.26. The van der Waals surface area contributed by atoms with Crippen molar-refractivity contribution in [2.75, 3.05) is 24.2 Å². The van der Waals surface area contributed by atoms with Crippen LogP contribution in [0.2, 0.25) is 0 Å². The molecule has 0 radical (unpaired) electrons. The Hall–Kier alpha value is -3.17. The molecule has 130 valence electrons. The quantitative estimate of drug-likeness (QED) is 0.606. The number of hydrogen-bond donors (Lipinski definition) is 3. The first-order chi connectivity index (χ1) is 11.9. The molecular weight excluding hydrogens is 335 g/mol. The summed E-state index contributed by atoms with van der Waals surface area (Å²) in [6.45, 7) is -1.20. The van der Waals surface area contributed by atoms with E-state index in [0.29, 0.717) is 16.9 Å². The van der Waals surface area contributed by atoms with Gasteiger partial charge in [0, 0.05) is 18.8 Å². The van der Waals surface area contributed by atoms with Gasteiger partial charge < -0.3 is 10.6 Å². The van der Waals surface area contributed by atoms with Crippen LogP contribution in [-0.4, -0.2) is 34.4 Å². The maximum absolute atomic E-state index is 12.3. The molecule has 0 unspecified atom stereocenters. The Morgan fingerprint density at radius 1 is 1.28 bits per heavy atom. The van der Waals surface area contributed by atoms with E-state index in [4.69, 9.17) is 5.53 Å². The van der Waals surface area contributed by atoms with Crippen molar-refractivity contribution in [1.29, 1.82) is 5.53 Å². The van der Waals surface area contributed by atoms with E-state index in [1.54, 1.807) is 31.4 Å². The van der Waals surface area contributed by atoms with Crippen LogP contribution < -0.4 is 10.6 Å². The smallest absolute Gasteiger partial charge is 0.386 e. The lowest BCUT2D eigenvalue weighted by atomic mass is 10.1. The van der Waals surface area contributed by atoms with Crippen LogP contribution in [0.4, 0.5) is 30.5 Å². The highest BCUT2D eigenvalue weighted by Gasteiger charge is 2.27. The number of hydrogen-bond acceptors (Lipinski definition) is 6. The summed E-state index contributed by atoms with van der Waals surface area (Å²) in [7, 11) is 1.73. The highest BCUT2D eigenvalue weighted by Crippen LogP contribution is 2.32. The van der Waals surface area contributed by atoms with Crippen molar-refractivity contribution in [2.24, 2.45) is 5.11 Å². The predicted octanol–water partition coefficient (Wildman–Crippen LogP) is 4.07. The van der Waals surface area contributed by atoms with Gasteiger partial charge in [-0.3, -0.25) is 0 Å². The Bertz CT molecular complexity index is 917. The maximum atomic E-state index is 12.3. The number of alkyl halides is 3. The van der Waals surface area contributed by atoms with Crippen LogP contribution in [0, 0.1) is 5.53 Å². The summed E-state index contributed by atoms with van der Waals surface area (Å²) >= 11 is 0. The summed E-state index contributed by atoms with van der Waals surface area (Å²) < 4.78 is 38.2. The van der Waals surface area contributed by atoms with Crippen LogP contribution in [0.15, 0.2) is 41.8 Å². The molecule has 0 atom stereocenters. The van der Waals surface area contributed by atoms with Crippen LogP contribution in [0.5, 0.6) is 0 Å². The summed E-state index contributed by atoms with van der Waals surface area (Å²) in [6.07, 6.45) is -1.23. The molecule has 0 spiro atoms. The Balaban J connectivity index is 1.95. The second-order valence-corrected chi connectivity index (χ2v) is 5.20. The van der Waals surface area contributed by atoms with Crippen molar-refractivity contribution in [3.05, 3.63) is 36.7 Å². The van der Waals surface area contributed by atoms with E-state index in [9.17, 15) is 13.2 Å². The van der Waals surface area contributed by atoms with E-state index in [0.717, 1.165) is 11.1 Å². The standard InChI is InChI=1S/C15H14F3N7/c1-20-12-6-9(2-3-11(12)23-19)10-4-5-25-13(10)7-21-14(24-25)22-8-15(16,17)18/h2-7,19-20H,8H2,1H3,(H,22,24). The van der Waals surface area contributed by atoms with Gasteiger partial charge >= 0.3 is 6.18 Å². The molecule has 7 nitrogen and oxygen atoms in total. The highest BCUT2D eigenvalue weighted by atomic mass is 19.4. The monoisotopic (exact) mass is 349 g/mol. The fourth-order valence-electron chi connectivity index (χ4n) is 2.41. The van der Waals surface area contributed by atoms with E-state index in [1.807, 2.05) is 6.07 Å². The Labute approximate surface area is 140 Å². The fourth-order valence-corrected chi connectivity index (χ4v) is 2.41. The molecule has 0 aliphatic rings. The molecule has 0 saturated heterocycles. The van der Waals surface area contributed by atoms with Gasteiger partial charge in [-0.2, -0.15) is 18.3 Å². The van der Waals surface area contributed by atoms with Crippen molar-refractivity contribution in [1.82, 2.24) is 14.6 Å². The molecule has 0 aliphatic heterocycles. The Morgan fingerprint density at radius 3 is 2.76 bits per heavy atom. The molecule has 25 heavy (non-hydrogen) atoms. The van der Waals surface area contributed by atoms with Crippen LogP contribution in [-0.2, 0) is 0 Å². The zero-order valence-corrected chi connectivity index (χ0v) is 13.1. The highest BCUT2D eigenvalue weighted by molar-refractivity contribution is 5.84. The van der Waals surface area contributed by atoms with E-state index in [2.05, 4.69) is 25.8 Å². The normalized spacial score (nSPS) is 11.5. The van der Waals surface area contributed by atoms with Gasteiger partial charge in [0.1, 0.15) is 12.2 Å². The van der Waals surface area contributed by atoms with Crippen molar-refractivity contribution in [2.45, 2.75) is 6.18 Å². The lowest BCUT2D eigenvalue weighted by Gasteiger charge is -2.09. The summed E-state index contributed by atoms with van der Waals surface area (Å²) in [5.74, 6) is -0.105. The van der Waals surface area contributed by atoms with Crippen LogP contribution in [0.1, 0.15) is 0 Å². The predicted molar refractivity (Wildman–Crippen MR) is 87.3 cm³/mol. The third-order valence-corrected chi connectivity index (χ3v) is 3.56. The molecule has 3 aromatic rings. The number of halogens is 3. The molecule has 2 aromatic heterocycles. The van der Waals surface area contributed by atoms with Crippen molar-refractivity contribution in [3.63, 3.8) is 0 Å². The Morgan fingerprint density at radius 2 is 2.08 bits per heavy atom. The number of anilines is 2. The number of rotatable bonds is 5. The summed E-state index contributed by atoms with van der Waals surface area (Å²) in [6, 6.07) is 7.14. The zero-order chi connectivity index (χ0) is 18.0. The maximum Gasteiger partial charge on any atom is 0.405 e. The number of benzene rings is 1. The number of fused-ring (bicyclic) bond motifs is 1. The largest absolute Gasteiger partial charge is 0.405 e. The average molecular weight is 349 g/mol. The molecule has 0 saturated carbocycles. The lowest BCUT2D eigenvalue weighted by Crippen LogP contribution is -2.22. The first-order valence-electron chi connectivity index (χ1n) is 7.26. The van der Waals surface area contributed by atoms with Crippen molar-refractivity contribution in [3.8, 4) is 11.1 Å². The molecule has 0 amide bonds. The second-order valence-electron chi connectivity index (χ2n) is 5.20. The molecule has 0 fully saturated rings. The van der Waals surface area contributed by atoms with Gasteiger partial charge in [0.15, 0.2) is 0 Å². The third kappa shape index (κ3) is 3.52. The molecule has 1 aromatic carbocycles. The number of aromatic nitrogens is 3. The minimum Gasteiger partial charge on any atom is -0.386 e. The van der Waals surface area contributed by atoms with Crippen molar-refractivity contribution >= 4 is 22.8 Å². The summed E-state index contributed by atoms with van der Waals surface area (Å²) in [5.41, 5.74) is 10.6. The van der Waals surface area contributed by atoms with Crippen LogP contribution >= 0.6 is 0 Å². The number of nitrogens with zero attached hydrogens (tertiary/aromatic N) is 4. The topological polar surface area (TPSA) is 90.5 Å². The van der Waals surface area contributed by atoms with Crippen molar-refractivity contribution < 1.29 is 13.2 Å². The molecule has 10 heteroatoms. The van der Waals surface area contributed by atoms with Gasteiger partial charge in [-0.25, -0.2) is 15.0 Å². The van der Waals surface area contributed by atoms with Gasteiger partial charge in [-0.05, 0) is 23.8 Å². The van der Waals surface area contributed by atoms with E-state index < -0.39 is 12.7 Å². The van der Waals surface area contributed by atoms with Gasteiger partial charge in [0.2, 0.25) is 5.95 Å². The SMILES string of the molecule is CNc1cc(-c2ccn3nc(NCC(F)(F)F)ncc23)ccc1N=N. The van der Waals surface area contributed by atoms with Gasteiger partial charge in [-0.1, -0.05) is 6.07 Å². The first-order valence-corrected chi connectivity index (χ1v) is 7.26. The number of nitrogens with one attached hydrogen (secondary N) is 3. The molecular formula is C15H14F3N7. The fraction of sp³-hybridized carbons (Fsp3) is 0.200. The minimum absolute atomic E-state index is 0.105. The zero-order valence-electron chi connectivity index (χ0n) is 13.1. The summed E-state index contributed by atoms with van der Waals surface area (Å²) in [4.78, 5) is 3.94. The average Bonchev–Trinajstić information content (AvgIpc) is 3.02. The minimum atomic E-state index is -4.34. The van der Waals surface area contributed by atoms with Gasteiger partial charge in [0.05, 0.1) is 17.4 Å². The summed E-state index contributed by atoms with van der Waals surface area (Å²) in [5, 5.41) is 12.6. The molecule has 3 N–H and O–H groups in total. The van der Waals surface area contributed by atoms with E-state index in [-0.39, 0.29) is 5.95 Å². The van der Waals surface area contributed by atoms with Gasteiger partial charge in [0.25, 0.3) is 0 Å². The third-order valence-electron chi connectivity index (χ3n) is 3.56. The van der Waals surface area contributed by atoms with Crippen LogP contribution in [0.3, 0.4) is 0 Å². The molecule has 0 aliphatic carbocycles. The molecule has 0 bridgehead atoms. The molecule has 3 rings (SSSR count). The van der Waals surface area contributed by atoms with E-state index >= 15 is 0 Å². The molecule has 2 heterocycles. The second kappa shape index (κ2) is 6.38. The van der Waals surface area contributed by atoms with Crippen LogP contribution in [0.25, 0.3) is 16.6 Å². The van der Waals surface area contributed by atoms with E-state index in [1.165, 1.54) is 10.7 Å². The van der Waals surface area contributed by atoms with Gasteiger partial charge in [-0.15, -0.1) is 5.10 Å². The first kappa shape index (κ1) is 16.7.